The van der Waals surface area contributed by atoms with Crippen molar-refractivity contribution >= 4 is 28.6 Å². The molecule has 0 aliphatic carbocycles. The second-order valence-corrected chi connectivity index (χ2v) is 9.51. The summed E-state index contributed by atoms with van der Waals surface area (Å²) in [6.45, 7) is 8.66. The number of halogens is 1. The summed E-state index contributed by atoms with van der Waals surface area (Å²) < 4.78 is 20.2. The Bertz CT molecular complexity index is 1160. The highest BCUT2D eigenvalue weighted by atomic mass is 19.1. The fraction of sp³-hybridized carbons (Fsp3) is 0.400. The van der Waals surface area contributed by atoms with Gasteiger partial charge in [-0.25, -0.2) is 19.2 Å². The van der Waals surface area contributed by atoms with Crippen LogP contribution in [0.4, 0.5) is 20.8 Å². The standard InChI is InChI=1S/C25H30FN5O2/c1-15-6-5-7-19(26)21(15)16-12-17-14-28-23(27)30-22(17)20(13-16)29-18-8-10-31(11-9-18)24(32)33-25(2,3)4/h5-7,12-14,18,29H,8-11H2,1-4H3,(H2,27,28,30). The third kappa shape index (κ3) is 5.16. The number of amides is 1. The predicted molar refractivity (Wildman–Crippen MR) is 129 cm³/mol. The van der Waals surface area contributed by atoms with Gasteiger partial charge in [0, 0.05) is 36.3 Å². The number of anilines is 2. The smallest absolute Gasteiger partial charge is 0.410 e. The van der Waals surface area contributed by atoms with Crippen LogP contribution in [0.25, 0.3) is 22.0 Å². The molecular formula is C25H30FN5O2. The Balaban J connectivity index is 1.60. The van der Waals surface area contributed by atoms with E-state index in [1.807, 2.05) is 45.9 Å². The number of aromatic nitrogens is 2. The van der Waals surface area contributed by atoms with Crippen LogP contribution in [-0.2, 0) is 4.74 Å². The lowest BCUT2D eigenvalue weighted by Gasteiger charge is -2.34. The van der Waals surface area contributed by atoms with Crippen molar-refractivity contribution in [3.05, 3.63) is 47.9 Å². The van der Waals surface area contributed by atoms with E-state index in [4.69, 9.17) is 10.5 Å². The molecular weight excluding hydrogens is 421 g/mol. The second-order valence-electron chi connectivity index (χ2n) is 9.51. The quantitative estimate of drug-likeness (QED) is 0.573. The van der Waals surface area contributed by atoms with Crippen LogP contribution in [-0.4, -0.2) is 45.7 Å². The number of nitrogens with two attached hydrogens (primary N) is 1. The molecule has 174 valence electrons. The zero-order chi connectivity index (χ0) is 23.8. The monoisotopic (exact) mass is 451 g/mol. The molecule has 0 spiro atoms. The van der Waals surface area contributed by atoms with Gasteiger partial charge in [0.25, 0.3) is 0 Å². The number of rotatable bonds is 3. The number of aryl methyl sites for hydroxylation is 1. The van der Waals surface area contributed by atoms with Crippen molar-refractivity contribution in [3.8, 4) is 11.1 Å². The summed E-state index contributed by atoms with van der Waals surface area (Å²) in [4.78, 5) is 22.7. The number of ether oxygens (including phenoxy) is 1. The van der Waals surface area contributed by atoms with Gasteiger partial charge in [-0.05, 0) is 69.9 Å². The van der Waals surface area contributed by atoms with Gasteiger partial charge in [0.1, 0.15) is 11.4 Å². The van der Waals surface area contributed by atoms with Crippen LogP contribution in [0, 0.1) is 12.7 Å². The van der Waals surface area contributed by atoms with Crippen LogP contribution in [0.1, 0.15) is 39.2 Å². The predicted octanol–water partition coefficient (Wildman–Crippen LogP) is 5.14. The minimum absolute atomic E-state index is 0.125. The summed E-state index contributed by atoms with van der Waals surface area (Å²) in [6, 6.07) is 8.99. The second kappa shape index (κ2) is 8.84. The van der Waals surface area contributed by atoms with E-state index in [0.717, 1.165) is 35.0 Å². The first-order valence-corrected chi connectivity index (χ1v) is 11.2. The van der Waals surface area contributed by atoms with Crippen molar-refractivity contribution in [1.82, 2.24) is 14.9 Å². The molecule has 2 aromatic carbocycles. The number of nitrogens with one attached hydrogen (secondary N) is 1. The maximum atomic E-state index is 14.7. The summed E-state index contributed by atoms with van der Waals surface area (Å²) in [5.41, 5.74) is 8.96. The Hall–Kier alpha value is -3.42. The molecule has 0 unspecified atom stereocenters. The fourth-order valence-electron chi connectivity index (χ4n) is 4.16. The van der Waals surface area contributed by atoms with Crippen molar-refractivity contribution in [2.45, 2.75) is 52.2 Å². The molecule has 0 bridgehead atoms. The lowest BCUT2D eigenvalue weighted by Crippen LogP contribution is -2.44. The van der Waals surface area contributed by atoms with Gasteiger partial charge in [-0.1, -0.05) is 12.1 Å². The van der Waals surface area contributed by atoms with E-state index in [-0.39, 0.29) is 23.9 Å². The van der Waals surface area contributed by atoms with Crippen LogP contribution in [0.15, 0.2) is 36.5 Å². The third-order valence-corrected chi connectivity index (χ3v) is 5.72. The van der Waals surface area contributed by atoms with Crippen LogP contribution in [0.3, 0.4) is 0 Å². The first-order chi connectivity index (χ1) is 15.6. The van der Waals surface area contributed by atoms with Crippen LogP contribution < -0.4 is 11.1 Å². The zero-order valence-electron chi connectivity index (χ0n) is 19.5. The third-order valence-electron chi connectivity index (χ3n) is 5.72. The van der Waals surface area contributed by atoms with Gasteiger partial charge >= 0.3 is 6.09 Å². The zero-order valence-corrected chi connectivity index (χ0v) is 19.5. The van der Waals surface area contributed by atoms with E-state index in [2.05, 4.69) is 15.3 Å². The van der Waals surface area contributed by atoms with Gasteiger partial charge < -0.3 is 20.7 Å². The molecule has 2 heterocycles. The van der Waals surface area contributed by atoms with Crippen molar-refractivity contribution < 1.29 is 13.9 Å². The molecule has 0 atom stereocenters. The van der Waals surface area contributed by atoms with E-state index in [1.165, 1.54) is 6.07 Å². The minimum Gasteiger partial charge on any atom is -0.444 e. The van der Waals surface area contributed by atoms with Gasteiger partial charge in [0.2, 0.25) is 5.95 Å². The molecule has 33 heavy (non-hydrogen) atoms. The Morgan fingerprint density at radius 1 is 1.24 bits per heavy atom. The number of carbonyl (C=O) groups is 1. The molecule has 7 nitrogen and oxygen atoms in total. The number of nitrogens with zero attached hydrogens (tertiary/aromatic N) is 3. The molecule has 3 N–H and O–H groups in total. The lowest BCUT2D eigenvalue weighted by molar-refractivity contribution is 0.0210. The summed E-state index contributed by atoms with van der Waals surface area (Å²) in [5.74, 6) is -0.0950. The van der Waals surface area contributed by atoms with Crippen molar-refractivity contribution in [2.75, 3.05) is 24.1 Å². The normalized spacial score (nSPS) is 15.0. The summed E-state index contributed by atoms with van der Waals surface area (Å²) in [6.07, 6.45) is 2.88. The molecule has 0 radical (unpaired) electrons. The number of carbonyl (C=O) groups excluding carboxylic acids is 1. The van der Waals surface area contributed by atoms with Gasteiger partial charge in [0.15, 0.2) is 0 Å². The van der Waals surface area contributed by atoms with Gasteiger partial charge in [-0.15, -0.1) is 0 Å². The molecule has 0 saturated carbocycles. The lowest BCUT2D eigenvalue weighted by atomic mass is 9.97. The molecule has 4 rings (SSSR count). The van der Waals surface area contributed by atoms with Crippen LogP contribution >= 0.6 is 0 Å². The molecule has 8 heteroatoms. The van der Waals surface area contributed by atoms with Crippen LogP contribution in [0.5, 0.6) is 0 Å². The Morgan fingerprint density at radius 3 is 2.64 bits per heavy atom. The van der Waals surface area contributed by atoms with Crippen molar-refractivity contribution in [1.29, 1.82) is 0 Å². The average Bonchev–Trinajstić information content (AvgIpc) is 2.73. The number of hydrogen-bond acceptors (Lipinski definition) is 6. The maximum Gasteiger partial charge on any atom is 0.410 e. The Kier molecular flexibility index (Phi) is 6.10. The summed E-state index contributed by atoms with van der Waals surface area (Å²) in [7, 11) is 0. The molecule has 1 saturated heterocycles. The van der Waals surface area contributed by atoms with Gasteiger partial charge in [-0.2, -0.15) is 0 Å². The SMILES string of the molecule is Cc1cccc(F)c1-c1cc(NC2CCN(C(=O)OC(C)(C)C)CC2)c2nc(N)ncc2c1. The topological polar surface area (TPSA) is 93.4 Å². The van der Waals surface area contributed by atoms with Crippen molar-refractivity contribution in [2.24, 2.45) is 0 Å². The van der Waals surface area contributed by atoms with Gasteiger partial charge in [-0.3, -0.25) is 0 Å². The Morgan fingerprint density at radius 2 is 1.97 bits per heavy atom. The van der Waals surface area contributed by atoms with E-state index < -0.39 is 5.60 Å². The largest absolute Gasteiger partial charge is 0.444 e. The number of likely N-dealkylation sites (tertiary alicyclic amines) is 1. The van der Waals surface area contributed by atoms with Crippen molar-refractivity contribution in [3.63, 3.8) is 0 Å². The highest BCUT2D eigenvalue weighted by Gasteiger charge is 2.27. The number of piperidine rings is 1. The van der Waals surface area contributed by atoms with E-state index >= 15 is 0 Å². The molecule has 1 aliphatic rings. The average molecular weight is 452 g/mol. The highest BCUT2D eigenvalue weighted by molar-refractivity contribution is 5.95. The van der Waals surface area contributed by atoms with E-state index in [0.29, 0.717) is 24.2 Å². The first-order valence-electron chi connectivity index (χ1n) is 11.2. The number of nitrogen functional groups attached to an aromatic ring is 1. The van der Waals surface area contributed by atoms with Gasteiger partial charge in [0.05, 0.1) is 11.2 Å². The van der Waals surface area contributed by atoms with E-state index in [9.17, 15) is 9.18 Å². The summed E-state index contributed by atoms with van der Waals surface area (Å²) >= 11 is 0. The molecule has 1 aromatic heterocycles. The number of hydrogen-bond donors (Lipinski definition) is 2. The van der Waals surface area contributed by atoms with Crippen LogP contribution in [0.2, 0.25) is 0 Å². The molecule has 1 aliphatic heterocycles. The Labute approximate surface area is 193 Å². The fourth-order valence-corrected chi connectivity index (χ4v) is 4.16. The first kappa shape index (κ1) is 22.8. The number of benzene rings is 2. The number of fused-ring (bicyclic) bond motifs is 1. The summed E-state index contributed by atoms with van der Waals surface area (Å²) in [5, 5.41) is 4.34. The maximum absolute atomic E-state index is 14.7. The molecule has 1 fully saturated rings. The minimum atomic E-state index is -0.518. The molecule has 3 aromatic rings. The molecule has 1 amide bonds. The van der Waals surface area contributed by atoms with E-state index in [1.54, 1.807) is 17.2 Å². The highest BCUT2D eigenvalue weighted by Crippen LogP contribution is 2.34.